The lowest BCUT2D eigenvalue weighted by Crippen LogP contribution is -2.38. The molecule has 0 unspecified atom stereocenters. The van der Waals surface area contributed by atoms with Crippen LogP contribution in [0, 0.1) is 13.8 Å². The van der Waals surface area contributed by atoms with Crippen LogP contribution in [0.3, 0.4) is 0 Å². The van der Waals surface area contributed by atoms with Crippen molar-refractivity contribution >= 4 is 29.9 Å². The molecule has 7 heteroatoms. The monoisotopic (exact) mass is 445 g/mol. The first-order valence-corrected chi connectivity index (χ1v) is 8.24. The lowest BCUT2D eigenvalue weighted by molar-refractivity contribution is 0.506. The van der Waals surface area contributed by atoms with E-state index in [9.17, 15) is 0 Å². The Balaban J connectivity index is 0.00000288. The van der Waals surface area contributed by atoms with Crippen LogP contribution < -0.4 is 10.6 Å². The third kappa shape index (κ3) is 6.94. The van der Waals surface area contributed by atoms with Gasteiger partial charge in [-0.15, -0.1) is 24.0 Å². The maximum Gasteiger partial charge on any atom is 0.191 e. The van der Waals surface area contributed by atoms with Crippen LogP contribution in [0.2, 0.25) is 0 Å². The van der Waals surface area contributed by atoms with Crippen molar-refractivity contribution in [2.45, 2.75) is 40.2 Å². The smallest absolute Gasteiger partial charge is 0.191 e. The number of nitrogens with one attached hydrogen (secondary N) is 2. The Labute approximate surface area is 161 Å². The van der Waals surface area contributed by atoms with Crippen LogP contribution in [0.4, 0.5) is 0 Å². The summed E-state index contributed by atoms with van der Waals surface area (Å²) in [5.41, 5.74) is 2.27. The normalized spacial score (nSPS) is 11.2. The minimum Gasteiger partial charge on any atom is -0.469 e. The Morgan fingerprint density at radius 1 is 1.33 bits per heavy atom. The molecule has 0 spiro atoms. The first kappa shape index (κ1) is 20.5. The van der Waals surface area contributed by atoms with Crippen LogP contribution in [0.25, 0.3) is 0 Å². The van der Waals surface area contributed by atoms with E-state index in [1.165, 1.54) is 5.69 Å². The number of guanidine groups is 1. The summed E-state index contributed by atoms with van der Waals surface area (Å²) < 4.78 is 7.37. The number of aryl methyl sites for hydroxylation is 3. The van der Waals surface area contributed by atoms with Gasteiger partial charge < -0.3 is 15.1 Å². The molecule has 0 bridgehead atoms. The Morgan fingerprint density at radius 2 is 2.17 bits per heavy atom. The van der Waals surface area contributed by atoms with E-state index in [1.807, 2.05) is 23.7 Å². The van der Waals surface area contributed by atoms with E-state index in [-0.39, 0.29) is 24.0 Å². The van der Waals surface area contributed by atoms with Crippen LogP contribution in [-0.2, 0) is 13.0 Å². The zero-order valence-corrected chi connectivity index (χ0v) is 17.0. The molecule has 2 N–H and O–H groups in total. The molecule has 0 saturated heterocycles. The van der Waals surface area contributed by atoms with Crippen LogP contribution >= 0.6 is 24.0 Å². The average molecular weight is 445 g/mol. The fourth-order valence-corrected chi connectivity index (χ4v) is 2.41. The summed E-state index contributed by atoms with van der Waals surface area (Å²) in [6, 6.07) is 6.00. The molecular weight excluding hydrogens is 417 g/mol. The van der Waals surface area contributed by atoms with E-state index in [2.05, 4.69) is 40.6 Å². The Hall–Kier alpha value is -1.51. The highest BCUT2D eigenvalue weighted by Crippen LogP contribution is 2.02. The van der Waals surface area contributed by atoms with Crippen molar-refractivity contribution in [3.8, 4) is 0 Å². The second kappa shape index (κ2) is 11.1. The molecule has 24 heavy (non-hydrogen) atoms. The fraction of sp³-hybridized carbons (Fsp3) is 0.529. The Kier molecular flexibility index (Phi) is 9.51. The van der Waals surface area contributed by atoms with Gasteiger partial charge in [0.25, 0.3) is 0 Å². The standard InChI is InChI=1S/C17H27N5O.HI/c1-4-18-17(20-10-8-16-7-5-12-23-16)19-9-6-11-22-15(3)13-14(2)21-22;/h5,7,12-13H,4,6,8-11H2,1-3H3,(H2,18,19,20);1H. The Morgan fingerprint density at radius 3 is 2.79 bits per heavy atom. The van der Waals surface area contributed by atoms with Crippen LogP contribution in [0.5, 0.6) is 0 Å². The van der Waals surface area contributed by atoms with E-state index >= 15 is 0 Å². The second-order valence-corrected chi connectivity index (χ2v) is 5.52. The molecule has 0 aliphatic heterocycles. The van der Waals surface area contributed by atoms with Gasteiger partial charge in [0, 0.05) is 38.3 Å². The quantitative estimate of drug-likeness (QED) is 0.284. The molecular formula is C17H28IN5O. The van der Waals surface area contributed by atoms with E-state index < -0.39 is 0 Å². The number of aliphatic imine (C=N–C) groups is 1. The Bertz CT molecular complexity index is 607. The zero-order chi connectivity index (χ0) is 16.5. The van der Waals surface area contributed by atoms with Gasteiger partial charge in [-0.2, -0.15) is 5.10 Å². The predicted molar refractivity (Wildman–Crippen MR) is 108 cm³/mol. The van der Waals surface area contributed by atoms with Crippen molar-refractivity contribution in [1.82, 2.24) is 20.4 Å². The molecule has 2 rings (SSSR count). The van der Waals surface area contributed by atoms with Crippen molar-refractivity contribution in [3.63, 3.8) is 0 Å². The van der Waals surface area contributed by atoms with Gasteiger partial charge in [0.05, 0.1) is 12.0 Å². The number of halogens is 1. The number of hydrogen-bond donors (Lipinski definition) is 2. The largest absolute Gasteiger partial charge is 0.469 e. The summed E-state index contributed by atoms with van der Waals surface area (Å²) in [6.45, 7) is 9.50. The maximum atomic E-state index is 5.33. The molecule has 0 atom stereocenters. The molecule has 2 heterocycles. The zero-order valence-electron chi connectivity index (χ0n) is 14.7. The van der Waals surface area contributed by atoms with Crippen LogP contribution in [-0.4, -0.2) is 35.4 Å². The fourth-order valence-electron chi connectivity index (χ4n) is 2.41. The third-order valence-electron chi connectivity index (χ3n) is 3.49. The number of rotatable bonds is 8. The van der Waals surface area contributed by atoms with E-state index in [0.717, 1.165) is 56.4 Å². The lowest BCUT2D eigenvalue weighted by Gasteiger charge is -2.10. The summed E-state index contributed by atoms with van der Waals surface area (Å²) in [7, 11) is 0. The topological polar surface area (TPSA) is 67.4 Å². The van der Waals surface area contributed by atoms with Crippen molar-refractivity contribution in [1.29, 1.82) is 0 Å². The average Bonchev–Trinajstić information content (AvgIpc) is 3.13. The summed E-state index contributed by atoms with van der Waals surface area (Å²) >= 11 is 0. The van der Waals surface area contributed by atoms with E-state index in [0.29, 0.717) is 0 Å². The molecule has 6 nitrogen and oxygen atoms in total. The molecule has 0 fully saturated rings. The van der Waals surface area contributed by atoms with E-state index in [4.69, 9.17) is 4.42 Å². The van der Waals surface area contributed by atoms with Gasteiger partial charge in [-0.3, -0.25) is 9.67 Å². The van der Waals surface area contributed by atoms with Crippen LogP contribution in [0.1, 0.15) is 30.5 Å². The van der Waals surface area contributed by atoms with Gasteiger partial charge in [-0.05, 0) is 45.4 Å². The number of nitrogens with zero attached hydrogens (tertiary/aromatic N) is 3. The van der Waals surface area contributed by atoms with Gasteiger partial charge in [-0.1, -0.05) is 0 Å². The maximum absolute atomic E-state index is 5.33. The third-order valence-corrected chi connectivity index (χ3v) is 3.49. The minimum absolute atomic E-state index is 0. The molecule has 134 valence electrons. The molecule has 0 aliphatic rings. The highest BCUT2D eigenvalue weighted by Gasteiger charge is 2.01. The first-order valence-electron chi connectivity index (χ1n) is 8.24. The molecule has 0 saturated carbocycles. The number of furan rings is 1. The highest BCUT2D eigenvalue weighted by molar-refractivity contribution is 14.0. The highest BCUT2D eigenvalue weighted by atomic mass is 127. The minimum atomic E-state index is 0. The van der Waals surface area contributed by atoms with Gasteiger partial charge in [-0.25, -0.2) is 0 Å². The van der Waals surface area contributed by atoms with Crippen molar-refractivity contribution in [2.24, 2.45) is 4.99 Å². The van der Waals surface area contributed by atoms with Crippen LogP contribution in [0.15, 0.2) is 33.9 Å². The van der Waals surface area contributed by atoms with Gasteiger partial charge in [0.15, 0.2) is 5.96 Å². The molecule has 0 aromatic carbocycles. The molecule has 0 radical (unpaired) electrons. The first-order chi connectivity index (χ1) is 11.2. The summed E-state index contributed by atoms with van der Waals surface area (Å²) in [5, 5.41) is 11.1. The molecule has 0 amide bonds. The second-order valence-electron chi connectivity index (χ2n) is 5.52. The lowest BCUT2D eigenvalue weighted by atomic mass is 10.3. The van der Waals surface area contributed by atoms with Gasteiger partial charge in [0.2, 0.25) is 0 Å². The summed E-state index contributed by atoms with van der Waals surface area (Å²) in [6.07, 6.45) is 3.52. The van der Waals surface area contributed by atoms with Crippen molar-refractivity contribution < 1.29 is 4.42 Å². The van der Waals surface area contributed by atoms with Gasteiger partial charge in [0.1, 0.15) is 5.76 Å². The van der Waals surface area contributed by atoms with Crippen molar-refractivity contribution in [2.75, 3.05) is 19.6 Å². The van der Waals surface area contributed by atoms with E-state index in [1.54, 1.807) is 6.26 Å². The molecule has 2 aromatic heterocycles. The van der Waals surface area contributed by atoms with Crippen molar-refractivity contribution in [3.05, 3.63) is 41.6 Å². The molecule has 2 aromatic rings. The summed E-state index contributed by atoms with van der Waals surface area (Å²) in [5.74, 6) is 1.84. The number of aromatic nitrogens is 2. The van der Waals surface area contributed by atoms with Gasteiger partial charge >= 0.3 is 0 Å². The number of hydrogen-bond acceptors (Lipinski definition) is 3. The SMILES string of the molecule is CCNC(=NCCCn1nc(C)cc1C)NCCc1ccco1.I. The molecule has 0 aliphatic carbocycles. The summed E-state index contributed by atoms with van der Waals surface area (Å²) in [4.78, 5) is 4.61. The predicted octanol–water partition coefficient (Wildman–Crippen LogP) is 2.90.